The molecule has 2 aliphatic carbocycles. The molecule has 0 amide bonds. The van der Waals surface area contributed by atoms with Crippen LogP contribution in [-0.4, -0.2) is 18.7 Å². The van der Waals surface area contributed by atoms with Gasteiger partial charge in [-0.15, -0.1) is 0 Å². The highest BCUT2D eigenvalue weighted by Crippen LogP contribution is 2.35. The molecular weight excluding hydrogens is 228 g/mol. The first-order valence-corrected chi connectivity index (χ1v) is 5.84. The summed E-state index contributed by atoms with van der Waals surface area (Å²) in [6, 6.07) is 5.04. The molecule has 0 N–H and O–H groups in total. The number of hydrogen-bond acceptors (Lipinski definition) is 3. The second-order valence-electron chi connectivity index (χ2n) is 4.46. The summed E-state index contributed by atoms with van der Waals surface area (Å²) in [5, 5.41) is 0. The van der Waals surface area contributed by atoms with Gasteiger partial charge in [0.2, 0.25) is 0 Å². The van der Waals surface area contributed by atoms with Crippen molar-refractivity contribution < 1.29 is 14.3 Å². The SMILES string of the molecule is COc1ccc2c(c1)C(=O)C1C=CC=CC1C2=O. The number of benzene rings is 1. The number of ether oxygens (including phenoxy) is 1. The Bertz CT molecular complexity index is 596. The highest BCUT2D eigenvalue weighted by atomic mass is 16.5. The third-order valence-electron chi connectivity index (χ3n) is 3.50. The minimum atomic E-state index is -0.359. The van der Waals surface area contributed by atoms with Crippen LogP contribution in [0.3, 0.4) is 0 Å². The van der Waals surface area contributed by atoms with Crippen LogP contribution in [0.2, 0.25) is 0 Å². The Morgan fingerprint density at radius 3 is 2.17 bits per heavy atom. The molecule has 0 saturated carbocycles. The van der Waals surface area contributed by atoms with E-state index in [-0.39, 0.29) is 23.4 Å². The molecule has 0 aliphatic heterocycles. The molecule has 2 aliphatic rings. The van der Waals surface area contributed by atoms with Crippen molar-refractivity contribution in [3.8, 4) is 5.75 Å². The third-order valence-corrected chi connectivity index (χ3v) is 3.50. The molecule has 0 radical (unpaired) electrons. The summed E-state index contributed by atoms with van der Waals surface area (Å²) >= 11 is 0. The van der Waals surface area contributed by atoms with Crippen LogP contribution < -0.4 is 4.74 Å². The van der Waals surface area contributed by atoms with Gasteiger partial charge < -0.3 is 4.74 Å². The molecule has 2 unspecified atom stereocenters. The first-order valence-electron chi connectivity index (χ1n) is 5.84. The van der Waals surface area contributed by atoms with Crippen LogP contribution in [0, 0.1) is 11.8 Å². The maximum Gasteiger partial charge on any atom is 0.171 e. The van der Waals surface area contributed by atoms with Crippen molar-refractivity contribution >= 4 is 11.6 Å². The van der Waals surface area contributed by atoms with E-state index in [0.29, 0.717) is 16.9 Å². The average Bonchev–Trinajstić information content (AvgIpc) is 2.44. The molecule has 1 aromatic rings. The van der Waals surface area contributed by atoms with E-state index in [1.165, 1.54) is 0 Å². The van der Waals surface area contributed by atoms with Gasteiger partial charge in [0.15, 0.2) is 11.6 Å². The van der Waals surface area contributed by atoms with Crippen molar-refractivity contribution in [2.45, 2.75) is 0 Å². The van der Waals surface area contributed by atoms with Crippen LogP contribution in [-0.2, 0) is 0 Å². The van der Waals surface area contributed by atoms with E-state index < -0.39 is 0 Å². The molecular formula is C15H12O3. The zero-order valence-electron chi connectivity index (χ0n) is 9.92. The topological polar surface area (TPSA) is 43.4 Å². The number of carbonyl (C=O) groups is 2. The number of hydrogen-bond donors (Lipinski definition) is 0. The second-order valence-corrected chi connectivity index (χ2v) is 4.46. The molecule has 0 spiro atoms. The quantitative estimate of drug-likeness (QED) is 0.757. The molecule has 0 saturated heterocycles. The van der Waals surface area contributed by atoms with Gasteiger partial charge in [0, 0.05) is 11.1 Å². The lowest BCUT2D eigenvalue weighted by atomic mass is 9.72. The number of allylic oxidation sites excluding steroid dienone is 4. The van der Waals surface area contributed by atoms with Gasteiger partial charge in [-0.1, -0.05) is 24.3 Å². The fourth-order valence-corrected chi connectivity index (χ4v) is 2.54. The summed E-state index contributed by atoms with van der Waals surface area (Å²) in [6.07, 6.45) is 7.24. The van der Waals surface area contributed by atoms with E-state index in [2.05, 4.69) is 0 Å². The fourth-order valence-electron chi connectivity index (χ4n) is 2.54. The molecule has 0 fully saturated rings. The highest BCUT2D eigenvalue weighted by Gasteiger charge is 2.39. The molecule has 3 nitrogen and oxygen atoms in total. The summed E-state index contributed by atoms with van der Waals surface area (Å²) in [6.45, 7) is 0. The Labute approximate surface area is 105 Å². The largest absolute Gasteiger partial charge is 0.497 e. The number of rotatable bonds is 1. The van der Waals surface area contributed by atoms with Crippen molar-refractivity contribution in [2.24, 2.45) is 11.8 Å². The molecule has 0 heterocycles. The smallest absolute Gasteiger partial charge is 0.171 e. The molecule has 2 atom stereocenters. The van der Waals surface area contributed by atoms with Crippen molar-refractivity contribution in [1.29, 1.82) is 0 Å². The summed E-state index contributed by atoms with van der Waals surface area (Å²) in [7, 11) is 1.54. The predicted octanol–water partition coefficient (Wildman–Crippen LogP) is 2.43. The van der Waals surface area contributed by atoms with E-state index in [1.807, 2.05) is 12.2 Å². The van der Waals surface area contributed by atoms with Crippen molar-refractivity contribution in [3.05, 3.63) is 53.6 Å². The molecule has 3 rings (SSSR count). The maximum absolute atomic E-state index is 12.4. The van der Waals surface area contributed by atoms with E-state index in [4.69, 9.17) is 4.74 Å². The third kappa shape index (κ3) is 1.44. The number of fused-ring (bicyclic) bond motifs is 2. The van der Waals surface area contributed by atoms with Gasteiger partial charge in [-0.2, -0.15) is 0 Å². The van der Waals surface area contributed by atoms with Crippen molar-refractivity contribution in [1.82, 2.24) is 0 Å². The minimum Gasteiger partial charge on any atom is -0.497 e. The molecule has 18 heavy (non-hydrogen) atoms. The molecule has 0 aromatic heterocycles. The number of carbonyl (C=O) groups excluding carboxylic acids is 2. The lowest BCUT2D eigenvalue weighted by Crippen LogP contribution is -2.35. The van der Waals surface area contributed by atoms with Gasteiger partial charge in [0.05, 0.1) is 18.9 Å². The van der Waals surface area contributed by atoms with E-state index in [0.717, 1.165) is 0 Å². The van der Waals surface area contributed by atoms with E-state index in [9.17, 15) is 9.59 Å². The van der Waals surface area contributed by atoms with Crippen molar-refractivity contribution in [3.63, 3.8) is 0 Å². The van der Waals surface area contributed by atoms with Gasteiger partial charge in [0.1, 0.15) is 5.75 Å². The van der Waals surface area contributed by atoms with Crippen LogP contribution in [0.1, 0.15) is 20.7 Å². The standard InChI is InChI=1S/C15H12O3/c1-18-9-6-7-12-13(8-9)15(17)11-5-3-2-4-10(11)14(12)16/h2-8,10-11H,1H3. The summed E-state index contributed by atoms with van der Waals surface area (Å²) in [5.74, 6) is -0.0962. The zero-order valence-corrected chi connectivity index (χ0v) is 9.92. The lowest BCUT2D eigenvalue weighted by molar-refractivity contribution is 0.0801. The van der Waals surface area contributed by atoms with Crippen LogP contribution in [0.25, 0.3) is 0 Å². The van der Waals surface area contributed by atoms with Gasteiger partial charge in [-0.3, -0.25) is 9.59 Å². The molecule has 1 aromatic carbocycles. The summed E-state index contributed by atoms with van der Waals surface area (Å²) in [5.41, 5.74) is 0.975. The summed E-state index contributed by atoms with van der Waals surface area (Å²) in [4.78, 5) is 24.7. The second kappa shape index (κ2) is 3.95. The average molecular weight is 240 g/mol. The Kier molecular flexibility index (Phi) is 2.40. The van der Waals surface area contributed by atoms with Crippen LogP contribution in [0.4, 0.5) is 0 Å². The van der Waals surface area contributed by atoms with Gasteiger partial charge in [0.25, 0.3) is 0 Å². The lowest BCUT2D eigenvalue weighted by Gasteiger charge is -2.28. The first-order chi connectivity index (χ1) is 8.72. The Balaban J connectivity index is 2.17. The van der Waals surface area contributed by atoms with Crippen LogP contribution in [0.5, 0.6) is 5.75 Å². The first kappa shape index (κ1) is 11.0. The van der Waals surface area contributed by atoms with Gasteiger partial charge in [-0.25, -0.2) is 0 Å². The van der Waals surface area contributed by atoms with Crippen molar-refractivity contribution in [2.75, 3.05) is 7.11 Å². The predicted molar refractivity (Wildman–Crippen MR) is 66.9 cm³/mol. The molecule has 0 bridgehead atoms. The number of ketones is 2. The molecule has 3 heteroatoms. The number of Topliss-reactive ketones (excluding diaryl/α,β-unsaturated/α-hetero) is 2. The Morgan fingerprint density at radius 2 is 1.56 bits per heavy atom. The zero-order chi connectivity index (χ0) is 12.7. The Morgan fingerprint density at radius 1 is 0.944 bits per heavy atom. The van der Waals surface area contributed by atoms with Gasteiger partial charge >= 0.3 is 0 Å². The van der Waals surface area contributed by atoms with Crippen LogP contribution in [0.15, 0.2) is 42.5 Å². The number of methoxy groups -OCH3 is 1. The molecule has 90 valence electrons. The minimum absolute atomic E-state index is 0.00546. The monoisotopic (exact) mass is 240 g/mol. The van der Waals surface area contributed by atoms with E-state index in [1.54, 1.807) is 37.5 Å². The normalized spacial score (nSPS) is 24.7. The Hall–Kier alpha value is -2.16. The van der Waals surface area contributed by atoms with E-state index >= 15 is 0 Å². The maximum atomic E-state index is 12.4. The van der Waals surface area contributed by atoms with Gasteiger partial charge in [-0.05, 0) is 18.2 Å². The highest BCUT2D eigenvalue weighted by molar-refractivity contribution is 6.17. The fraction of sp³-hybridized carbons (Fsp3) is 0.200. The van der Waals surface area contributed by atoms with Crippen LogP contribution >= 0.6 is 0 Å². The summed E-state index contributed by atoms with van der Waals surface area (Å²) < 4.78 is 5.10.